The molecule has 0 amide bonds. The van der Waals surface area contributed by atoms with Crippen LogP contribution in [-0.4, -0.2) is 11.9 Å². The van der Waals surface area contributed by atoms with E-state index >= 15 is 0 Å². The van der Waals surface area contributed by atoms with Gasteiger partial charge in [-0.15, -0.1) is 0 Å². The van der Waals surface area contributed by atoms with Crippen molar-refractivity contribution in [3.8, 4) is 0 Å². The fraction of sp³-hybridized carbons (Fsp3) is 0.286. The Hall–Kier alpha value is -2.42. The van der Waals surface area contributed by atoms with Crippen LogP contribution in [0.3, 0.4) is 0 Å². The fourth-order valence-electron chi connectivity index (χ4n) is 3.00. The SMILES string of the molecule is Cc1cccc(C2=CN=C(c3cccc(F)c3)NC2C(C)(C)C)c1. The van der Waals surface area contributed by atoms with E-state index in [-0.39, 0.29) is 17.3 Å². The summed E-state index contributed by atoms with van der Waals surface area (Å²) in [5.74, 6) is 0.462. The van der Waals surface area contributed by atoms with Gasteiger partial charge in [0.1, 0.15) is 11.7 Å². The largest absolute Gasteiger partial charge is 0.362 e. The Kier molecular flexibility index (Phi) is 4.27. The molecule has 0 saturated heterocycles. The van der Waals surface area contributed by atoms with E-state index in [1.54, 1.807) is 6.07 Å². The second kappa shape index (κ2) is 6.23. The van der Waals surface area contributed by atoms with E-state index in [4.69, 9.17) is 0 Å². The Labute approximate surface area is 143 Å². The molecule has 1 aliphatic heterocycles. The highest BCUT2D eigenvalue weighted by molar-refractivity contribution is 6.02. The molecule has 24 heavy (non-hydrogen) atoms. The third-order valence-corrected chi connectivity index (χ3v) is 4.24. The summed E-state index contributed by atoms with van der Waals surface area (Å²) in [7, 11) is 0. The van der Waals surface area contributed by atoms with Crippen LogP contribution in [0.4, 0.5) is 4.39 Å². The van der Waals surface area contributed by atoms with Gasteiger partial charge in [-0.25, -0.2) is 9.38 Å². The maximum Gasteiger partial charge on any atom is 0.133 e. The van der Waals surface area contributed by atoms with Crippen LogP contribution in [0, 0.1) is 18.2 Å². The van der Waals surface area contributed by atoms with Gasteiger partial charge in [0.2, 0.25) is 0 Å². The molecule has 2 aromatic carbocycles. The third kappa shape index (κ3) is 3.40. The number of nitrogens with zero attached hydrogens (tertiary/aromatic N) is 1. The minimum absolute atomic E-state index is 0.00983. The number of aliphatic imine (C=N–C) groups is 1. The maximum atomic E-state index is 13.5. The first-order valence-electron chi connectivity index (χ1n) is 8.22. The van der Waals surface area contributed by atoms with Crippen molar-refractivity contribution in [1.82, 2.24) is 5.32 Å². The molecule has 0 aromatic heterocycles. The minimum atomic E-state index is -0.252. The van der Waals surface area contributed by atoms with Crippen LogP contribution in [0.1, 0.15) is 37.5 Å². The van der Waals surface area contributed by atoms with Gasteiger partial charge in [0.05, 0.1) is 6.04 Å². The van der Waals surface area contributed by atoms with Gasteiger partial charge >= 0.3 is 0 Å². The molecule has 0 saturated carbocycles. The number of hydrogen-bond acceptors (Lipinski definition) is 2. The highest BCUT2D eigenvalue weighted by atomic mass is 19.1. The van der Waals surface area contributed by atoms with E-state index in [1.807, 2.05) is 12.3 Å². The maximum absolute atomic E-state index is 13.5. The van der Waals surface area contributed by atoms with Gasteiger partial charge in [-0.05, 0) is 30.0 Å². The number of aryl methyl sites for hydroxylation is 1. The lowest BCUT2D eigenvalue weighted by Gasteiger charge is -2.36. The zero-order valence-electron chi connectivity index (χ0n) is 14.6. The first-order chi connectivity index (χ1) is 11.3. The van der Waals surface area contributed by atoms with Crippen molar-refractivity contribution in [2.45, 2.75) is 33.7 Å². The lowest BCUT2D eigenvalue weighted by Crippen LogP contribution is -2.46. The van der Waals surface area contributed by atoms with Crippen LogP contribution in [0.2, 0.25) is 0 Å². The second-order valence-electron chi connectivity index (χ2n) is 7.39. The van der Waals surface area contributed by atoms with E-state index < -0.39 is 0 Å². The van der Waals surface area contributed by atoms with E-state index in [2.05, 4.69) is 62.3 Å². The quantitative estimate of drug-likeness (QED) is 0.832. The van der Waals surface area contributed by atoms with Gasteiger partial charge in [-0.1, -0.05) is 62.7 Å². The van der Waals surface area contributed by atoms with Crippen molar-refractivity contribution < 1.29 is 4.39 Å². The summed E-state index contributed by atoms with van der Waals surface area (Å²) in [5, 5.41) is 3.52. The standard InChI is InChI=1S/C21H23FN2/c1-14-7-5-8-15(11-14)18-13-23-20(24-19(18)21(2,3)4)16-9-6-10-17(22)12-16/h5-13,19H,1-4H3,(H,23,24). The van der Waals surface area contributed by atoms with Crippen LogP contribution in [0.25, 0.3) is 5.57 Å². The number of amidine groups is 1. The molecule has 1 heterocycles. The highest BCUT2D eigenvalue weighted by Gasteiger charge is 2.32. The topological polar surface area (TPSA) is 24.4 Å². The molecule has 3 rings (SSSR count). The zero-order valence-corrected chi connectivity index (χ0v) is 14.6. The molecular weight excluding hydrogens is 299 g/mol. The third-order valence-electron chi connectivity index (χ3n) is 4.24. The molecule has 1 aliphatic rings. The van der Waals surface area contributed by atoms with E-state index in [9.17, 15) is 4.39 Å². The Morgan fingerprint density at radius 2 is 1.71 bits per heavy atom. The lowest BCUT2D eigenvalue weighted by atomic mass is 9.79. The van der Waals surface area contributed by atoms with Crippen molar-refractivity contribution in [3.63, 3.8) is 0 Å². The van der Waals surface area contributed by atoms with Crippen molar-refractivity contribution in [3.05, 3.63) is 77.2 Å². The molecule has 1 unspecified atom stereocenters. The average molecular weight is 322 g/mol. The van der Waals surface area contributed by atoms with Gasteiger partial charge in [-0.2, -0.15) is 0 Å². The summed E-state index contributed by atoms with van der Waals surface area (Å²) in [6, 6.07) is 15.1. The number of nitrogens with one attached hydrogen (secondary N) is 1. The summed E-state index contributed by atoms with van der Waals surface area (Å²) in [4.78, 5) is 4.57. The van der Waals surface area contributed by atoms with Crippen molar-refractivity contribution in [2.24, 2.45) is 10.4 Å². The molecule has 0 spiro atoms. The molecule has 3 heteroatoms. The van der Waals surface area contributed by atoms with Crippen molar-refractivity contribution in [2.75, 3.05) is 0 Å². The number of rotatable bonds is 2. The molecule has 2 aromatic rings. The lowest BCUT2D eigenvalue weighted by molar-refractivity contribution is 0.350. The van der Waals surface area contributed by atoms with Gasteiger partial charge in [-0.3, -0.25) is 0 Å². The molecular formula is C21H23FN2. The smallest absolute Gasteiger partial charge is 0.133 e. The first-order valence-corrected chi connectivity index (χ1v) is 8.22. The summed E-state index contributed by atoms with van der Waals surface area (Å²) in [6.07, 6.45) is 1.92. The predicted octanol–water partition coefficient (Wildman–Crippen LogP) is 4.94. The Morgan fingerprint density at radius 3 is 2.38 bits per heavy atom. The summed E-state index contributed by atoms with van der Waals surface area (Å²) in [6.45, 7) is 8.68. The molecule has 1 N–H and O–H groups in total. The van der Waals surface area contributed by atoms with Gasteiger partial charge in [0.15, 0.2) is 0 Å². The van der Waals surface area contributed by atoms with Gasteiger partial charge in [0.25, 0.3) is 0 Å². The van der Waals surface area contributed by atoms with Gasteiger partial charge < -0.3 is 5.32 Å². The minimum Gasteiger partial charge on any atom is -0.362 e. The Balaban J connectivity index is 2.06. The van der Waals surface area contributed by atoms with Crippen LogP contribution in [0.15, 0.2) is 59.7 Å². The summed E-state index contributed by atoms with van der Waals surface area (Å²) < 4.78 is 13.5. The van der Waals surface area contributed by atoms with Crippen LogP contribution in [0.5, 0.6) is 0 Å². The molecule has 0 aliphatic carbocycles. The second-order valence-corrected chi connectivity index (χ2v) is 7.39. The van der Waals surface area contributed by atoms with Crippen LogP contribution >= 0.6 is 0 Å². The Bertz CT molecular complexity index is 813. The summed E-state index contributed by atoms with van der Waals surface area (Å²) >= 11 is 0. The van der Waals surface area contributed by atoms with E-state index in [0.29, 0.717) is 5.84 Å². The number of benzene rings is 2. The monoisotopic (exact) mass is 322 g/mol. The Morgan fingerprint density at radius 1 is 1.00 bits per heavy atom. The molecule has 0 radical (unpaired) electrons. The number of hydrogen-bond donors (Lipinski definition) is 1. The highest BCUT2D eigenvalue weighted by Crippen LogP contribution is 2.33. The van der Waals surface area contributed by atoms with Gasteiger partial charge in [0, 0.05) is 17.3 Å². The normalized spacial score (nSPS) is 17.8. The van der Waals surface area contributed by atoms with Crippen molar-refractivity contribution >= 4 is 11.4 Å². The number of halogens is 1. The fourth-order valence-corrected chi connectivity index (χ4v) is 3.00. The van der Waals surface area contributed by atoms with E-state index in [0.717, 1.165) is 11.1 Å². The average Bonchev–Trinajstić information content (AvgIpc) is 2.53. The molecule has 1 atom stereocenters. The molecule has 124 valence electrons. The molecule has 2 nitrogen and oxygen atoms in total. The van der Waals surface area contributed by atoms with Crippen molar-refractivity contribution in [1.29, 1.82) is 0 Å². The molecule has 0 bridgehead atoms. The van der Waals surface area contributed by atoms with E-state index in [1.165, 1.54) is 23.3 Å². The van der Waals surface area contributed by atoms with Crippen LogP contribution < -0.4 is 5.32 Å². The first kappa shape index (κ1) is 16.4. The van der Waals surface area contributed by atoms with Crippen LogP contribution in [-0.2, 0) is 0 Å². The summed E-state index contributed by atoms with van der Waals surface area (Å²) in [5.41, 5.74) is 4.31. The molecule has 0 fully saturated rings. The zero-order chi connectivity index (χ0) is 17.3. The predicted molar refractivity (Wildman–Crippen MR) is 98.5 cm³/mol.